The highest BCUT2D eigenvalue weighted by molar-refractivity contribution is 5.45. The van der Waals surface area contributed by atoms with E-state index in [2.05, 4.69) is 10.6 Å². The predicted octanol–water partition coefficient (Wildman–Crippen LogP) is 1.43. The first-order chi connectivity index (χ1) is 6.93. The number of amides is 1. The molecule has 3 heteroatoms. The molecule has 82 valence electrons. The lowest BCUT2D eigenvalue weighted by molar-refractivity contribution is -0.109. The van der Waals surface area contributed by atoms with E-state index in [9.17, 15) is 4.79 Å². The molecule has 0 aromatic rings. The number of hydrogen-bond acceptors (Lipinski definition) is 2. The summed E-state index contributed by atoms with van der Waals surface area (Å²) in [5.41, 5.74) is 0. The zero-order valence-corrected chi connectivity index (χ0v) is 8.93. The molecule has 0 saturated carbocycles. The molecule has 0 aliphatic carbocycles. The minimum absolute atomic E-state index is 0.766. The normalized spacial score (nSPS) is 21.9. The highest BCUT2D eigenvalue weighted by Gasteiger charge is 2.10. The maximum absolute atomic E-state index is 9.96. The molecule has 1 atom stereocenters. The monoisotopic (exact) mass is 198 g/mol. The first-order valence-electron chi connectivity index (χ1n) is 5.84. The Labute approximate surface area is 86.6 Å². The molecule has 3 nitrogen and oxygen atoms in total. The van der Waals surface area contributed by atoms with Crippen LogP contribution in [-0.4, -0.2) is 25.5 Å². The number of carbonyl (C=O) groups excluding carboxylic acids is 1. The van der Waals surface area contributed by atoms with E-state index in [1.807, 2.05) is 0 Å². The topological polar surface area (TPSA) is 41.1 Å². The van der Waals surface area contributed by atoms with Crippen LogP contribution in [0.1, 0.15) is 44.9 Å². The maximum atomic E-state index is 9.96. The Bertz CT molecular complexity index is 144. The van der Waals surface area contributed by atoms with Crippen LogP contribution in [0.2, 0.25) is 0 Å². The Morgan fingerprint density at radius 3 is 2.93 bits per heavy atom. The van der Waals surface area contributed by atoms with E-state index < -0.39 is 0 Å². The zero-order valence-electron chi connectivity index (χ0n) is 8.93. The molecule has 1 aliphatic rings. The molecule has 0 aromatic carbocycles. The summed E-state index contributed by atoms with van der Waals surface area (Å²) in [6, 6.07) is 0.766. The minimum atomic E-state index is 0.766. The van der Waals surface area contributed by atoms with Gasteiger partial charge in [-0.05, 0) is 32.2 Å². The van der Waals surface area contributed by atoms with E-state index in [0.717, 1.165) is 25.4 Å². The minimum Gasteiger partial charge on any atom is -0.359 e. The van der Waals surface area contributed by atoms with E-state index >= 15 is 0 Å². The van der Waals surface area contributed by atoms with Crippen LogP contribution in [0, 0.1) is 0 Å². The van der Waals surface area contributed by atoms with Crippen LogP contribution in [0.4, 0.5) is 0 Å². The van der Waals surface area contributed by atoms with Gasteiger partial charge in [-0.15, -0.1) is 0 Å². The Hall–Kier alpha value is -0.570. The van der Waals surface area contributed by atoms with Crippen molar-refractivity contribution in [2.24, 2.45) is 0 Å². The van der Waals surface area contributed by atoms with Gasteiger partial charge < -0.3 is 10.6 Å². The molecule has 0 aromatic heterocycles. The third-order valence-electron chi connectivity index (χ3n) is 2.87. The highest BCUT2D eigenvalue weighted by atomic mass is 16.1. The summed E-state index contributed by atoms with van der Waals surface area (Å²) >= 11 is 0. The Morgan fingerprint density at radius 1 is 1.29 bits per heavy atom. The average Bonchev–Trinajstić information content (AvgIpc) is 2.25. The van der Waals surface area contributed by atoms with E-state index in [-0.39, 0.29) is 0 Å². The summed E-state index contributed by atoms with van der Waals surface area (Å²) < 4.78 is 0. The SMILES string of the molecule is O=CNCCCCCC1CCCCN1. The first kappa shape index (κ1) is 11.5. The molecular weight excluding hydrogens is 176 g/mol. The second-order valence-corrected chi connectivity index (χ2v) is 4.07. The second kappa shape index (κ2) is 7.80. The fraction of sp³-hybridized carbons (Fsp3) is 0.909. The first-order valence-corrected chi connectivity index (χ1v) is 5.84. The molecule has 0 spiro atoms. The van der Waals surface area contributed by atoms with E-state index in [0.29, 0.717) is 0 Å². The van der Waals surface area contributed by atoms with Crippen molar-refractivity contribution in [3.63, 3.8) is 0 Å². The van der Waals surface area contributed by atoms with Crippen LogP contribution in [0.25, 0.3) is 0 Å². The summed E-state index contributed by atoms with van der Waals surface area (Å²) in [7, 11) is 0. The predicted molar refractivity (Wildman–Crippen MR) is 58.2 cm³/mol. The summed E-state index contributed by atoms with van der Waals surface area (Å²) in [6.45, 7) is 2.04. The smallest absolute Gasteiger partial charge is 0.207 e. The quantitative estimate of drug-likeness (QED) is 0.480. The van der Waals surface area contributed by atoms with Crippen molar-refractivity contribution in [3.8, 4) is 0 Å². The standard InChI is InChI=1S/C11H22N2O/c14-10-12-8-4-1-2-6-11-7-3-5-9-13-11/h10-11,13H,1-9H2,(H,12,14). The lowest BCUT2D eigenvalue weighted by Gasteiger charge is -2.23. The third kappa shape index (κ3) is 5.22. The van der Waals surface area contributed by atoms with Crippen LogP contribution >= 0.6 is 0 Å². The molecule has 1 rings (SSSR count). The van der Waals surface area contributed by atoms with Gasteiger partial charge in [0.25, 0.3) is 0 Å². The lowest BCUT2D eigenvalue weighted by atomic mass is 9.99. The summed E-state index contributed by atoms with van der Waals surface area (Å²) in [4.78, 5) is 9.96. The van der Waals surface area contributed by atoms with E-state index in [1.165, 1.54) is 45.1 Å². The van der Waals surface area contributed by atoms with Crippen molar-refractivity contribution in [1.29, 1.82) is 0 Å². The lowest BCUT2D eigenvalue weighted by Crippen LogP contribution is -2.33. The number of rotatable bonds is 7. The molecule has 2 N–H and O–H groups in total. The van der Waals surface area contributed by atoms with Gasteiger partial charge >= 0.3 is 0 Å². The molecule has 1 unspecified atom stereocenters. The number of unbranched alkanes of at least 4 members (excludes halogenated alkanes) is 2. The molecular formula is C11H22N2O. The highest BCUT2D eigenvalue weighted by Crippen LogP contribution is 2.13. The Kier molecular flexibility index (Phi) is 6.41. The number of nitrogens with one attached hydrogen (secondary N) is 2. The van der Waals surface area contributed by atoms with Gasteiger partial charge in [0, 0.05) is 12.6 Å². The molecule has 1 heterocycles. The van der Waals surface area contributed by atoms with Gasteiger partial charge in [0.1, 0.15) is 0 Å². The van der Waals surface area contributed by atoms with E-state index in [4.69, 9.17) is 0 Å². The van der Waals surface area contributed by atoms with Gasteiger partial charge in [0.2, 0.25) is 6.41 Å². The fourth-order valence-corrected chi connectivity index (χ4v) is 2.02. The van der Waals surface area contributed by atoms with Crippen molar-refractivity contribution in [1.82, 2.24) is 10.6 Å². The Balaban J connectivity index is 1.85. The van der Waals surface area contributed by atoms with Crippen molar-refractivity contribution >= 4 is 6.41 Å². The molecule has 0 bridgehead atoms. The van der Waals surface area contributed by atoms with Gasteiger partial charge in [-0.2, -0.15) is 0 Å². The van der Waals surface area contributed by atoms with Crippen LogP contribution < -0.4 is 10.6 Å². The maximum Gasteiger partial charge on any atom is 0.207 e. The third-order valence-corrected chi connectivity index (χ3v) is 2.87. The van der Waals surface area contributed by atoms with Crippen molar-refractivity contribution in [3.05, 3.63) is 0 Å². The number of carbonyl (C=O) groups is 1. The summed E-state index contributed by atoms with van der Waals surface area (Å²) in [5.74, 6) is 0. The number of hydrogen-bond donors (Lipinski definition) is 2. The van der Waals surface area contributed by atoms with Gasteiger partial charge in [0.15, 0.2) is 0 Å². The molecule has 1 aliphatic heterocycles. The van der Waals surface area contributed by atoms with Gasteiger partial charge in [-0.3, -0.25) is 4.79 Å². The largest absolute Gasteiger partial charge is 0.359 e. The van der Waals surface area contributed by atoms with Crippen molar-refractivity contribution in [2.75, 3.05) is 13.1 Å². The molecule has 14 heavy (non-hydrogen) atoms. The number of piperidine rings is 1. The van der Waals surface area contributed by atoms with Gasteiger partial charge in [-0.25, -0.2) is 0 Å². The van der Waals surface area contributed by atoms with Crippen LogP contribution in [0.15, 0.2) is 0 Å². The molecule has 0 radical (unpaired) electrons. The fourth-order valence-electron chi connectivity index (χ4n) is 2.02. The van der Waals surface area contributed by atoms with Crippen molar-refractivity contribution < 1.29 is 4.79 Å². The van der Waals surface area contributed by atoms with Crippen LogP contribution in [-0.2, 0) is 4.79 Å². The second-order valence-electron chi connectivity index (χ2n) is 4.07. The van der Waals surface area contributed by atoms with E-state index in [1.54, 1.807) is 0 Å². The Morgan fingerprint density at radius 2 is 2.21 bits per heavy atom. The van der Waals surface area contributed by atoms with Crippen molar-refractivity contribution in [2.45, 2.75) is 51.0 Å². The van der Waals surface area contributed by atoms with Gasteiger partial charge in [-0.1, -0.05) is 19.3 Å². The summed E-state index contributed by atoms with van der Waals surface area (Å²) in [5, 5.41) is 6.24. The van der Waals surface area contributed by atoms with Crippen LogP contribution in [0.5, 0.6) is 0 Å². The molecule has 1 saturated heterocycles. The van der Waals surface area contributed by atoms with Gasteiger partial charge in [0.05, 0.1) is 0 Å². The average molecular weight is 198 g/mol. The molecule has 1 amide bonds. The summed E-state index contributed by atoms with van der Waals surface area (Å²) in [6.07, 6.45) is 9.82. The zero-order chi connectivity index (χ0) is 10.1. The van der Waals surface area contributed by atoms with Crippen LogP contribution in [0.3, 0.4) is 0 Å². The molecule has 1 fully saturated rings.